The van der Waals surface area contributed by atoms with Gasteiger partial charge in [0.2, 0.25) is 0 Å². The summed E-state index contributed by atoms with van der Waals surface area (Å²) in [5.41, 5.74) is -0.473. The second-order valence-electron chi connectivity index (χ2n) is 7.08. The Morgan fingerprint density at radius 1 is 1.20 bits per heavy atom. The first kappa shape index (κ1) is 19.2. The Morgan fingerprint density at radius 3 is 2.48 bits per heavy atom. The Kier molecular flexibility index (Phi) is 6.78. The van der Waals surface area contributed by atoms with Gasteiger partial charge in [-0.3, -0.25) is 9.63 Å². The van der Waals surface area contributed by atoms with E-state index in [9.17, 15) is 14.4 Å². The van der Waals surface area contributed by atoms with Gasteiger partial charge in [-0.25, -0.2) is 9.59 Å². The molecular weight excluding hydrogens is 328 g/mol. The largest absolute Gasteiger partial charge is 0.481 e. The minimum atomic E-state index is -0.871. The van der Waals surface area contributed by atoms with Gasteiger partial charge in [-0.15, -0.1) is 0 Å². The van der Waals surface area contributed by atoms with Crippen molar-refractivity contribution in [1.82, 2.24) is 5.32 Å². The molecule has 8 heteroatoms. The summed E-state index contributed by atoms with van der Waals surface area (Å²) >= 11 is 0. The average Bonchev–Trinajstić information content (AvgIpc) is 3.40. The number of carboxylic acid groups (broad SMARTS) is 1. The third-order valence-electron chi connectivity index (χ3n) is 4.76. The number of aliphatic carboxylic acids is 1. The molecule has 0 bridgehead atoms. The molecular formula is C17H26N2O6. The van der Waals surface area contributed by atoms with Gasteiger partial charge in [0.1, 0.15) is 0 Å². The Bertz CT molecular complexity index is 535. The number of nitrogens with zero attached hydrogens (tertiary/aromatic N) is 1. The quantitative estimate of drug-likeness (QED) is 0.299. The van der Waals surface area contributed by atoms with Crippen molar-refractivity contribution in [3.63, 3.8) is 0 Å². The predicted octanol–water partition coefficient (Wildman–Crippen LogP) is 2.47. The number of hydrogen-bond donors (Lipinski definition) is 2. The summed E-state index contributed by atoms with van der Waals surface area (Å²) in [5, 5.41) is 15.2. The van der Waals surface area contributed by atoms with Gasteiger partial charge in [0, 0.05) is 6.54 Å². The Balaban J connectivity index is 1.76. The van der Waals surface area contributed by atoms with Crippen molar-refractivity contribution in [2.75, 3.05) is 13.2 Å². The van der Waals surface area contributed by atoms with Crippen molar-refractivity contribution in [3.05, 3.63) is 0 Å². The van der Waals surface area contributed by atoms with Crippen molar-refractivity contribution in [1.29, 1.82) is 0 Å². The van der Waals surface area contributed by atoms with E-state index in [0.29, 0.717) is 12.5 Å². The van der Waals surface area contributed by atoms with E-state index in [1.807, 2.05) is 0 Å². The molecule has 0 atom stereocenters. The van der Waals surface area contributed by atoms with E-state index in [0.717, 1.165) is 44.9 Å². The predicted molar refractivity (Wildman–Crippen MR) is 89.0 cm³/mol. The van der Waals surface area contributed by atoms with E-state index in [1.54, 1.807) is 0 Å². The molecule has 2 aliphatic rings. The zero-order valence-electron chi connectivity index (χ0n) is 14.6. The van der Waals surface area contributed by atoms with Crippen molar-refractivity contribution in [3.8, 4) is 0 Å². The van der Waals surface area contributed by atoms with Gasteiger partial charge in [0.25, 0.3) is 0 Å². The van der Waals surface area contributed by atoms with Crippen LogP contribution in [0, 0.1) is 11.3 Å². The fourth-order valence-electron chi connectivity index (χ4n) is 3.06. The van der Waals surface area contributed by atoms with Crippen LogP contribution < -0.4 is 5.32 Å². The van der Waals surface area contributed by atoms with Crippen molar-refractivity contribution >= 4 is 23.7 Å². The number of carbonyl (C=O) groups is 3. The molecule has 140 valence electrons. The van der Waals surface area contributed by atoms with Crippen LogP contribution in [-0.4, -0.2) is 42.0 Å². The summed E-state index contributed by atoms with van der Waals surface area (Å²) in [4.78, 5) is 39.2. The summed E-state index contributed by atoms with van der Waals surface area (Å²) in [6.07, 6.45) is 5.86. The van der Waals surface area contributed by atoms with Gasteiger partial charge >= 0.3 is 18.0 Å². The SMILES string of the molecule is CC(=NOC(=O)NCC1(CC(=O)O)CCCCC1)C(=O)OCC1CC1. The maximum absolute atomic E-state index is 11.8. The highest BCUT2D eigenvalue weighted by molar-refractivity contribution is 6.35. The number of rotatable bonds is 8. The lowest BCUT2D eigenvalue weighted by Gasteiger charge is -2.35. The van der Waals surface area contributed by atoms with Crippen LogP contribution in [0.25, 0.3) is 0 Å². The third-order valence-corrected chi connectivity index (χ3v) is 4.76. The molecule has 2 aliphatic carbocycles. The molecule has 25 heavy (non-hydrogen) atoms. The highest BCUT2D eigenvalue weighted by Gasteiger charge is 2.35. The van der Waals surface area contributed by atoms with Crippen molar-refractivity contribution in [2.45, 2.75) is 58.3 Å². The summed E-state index contributed by atoms with van der Waals surface area (Å²) in [5.74, 6) is -1.03. The molecule has 8 nitrogen and oxygen atoms in total. The van der Waals surface area contributed by atoms with Crippen LogP contribution in [-0.2, 0) is 19.2 Å². The monoisotopic (exact) mass is 354 g/mol. The van der Waals surface area contributed by atoms with Crippen LogP contribution in [0.3, 0.4) is 0 Å². The minimum Gasteiger partial charge on any atom is -0.481 e. The molecule has 0 aromatic heterocycles. The van der Waals surface area contributed by atoms with Gasteiger partial charge in [0.05, 0.1) is 13.0 Å². The first-order valence-corrected chi connectivity index (χ1v) is 8.79. The first-order chi connectivity index (χ1) is 11.9. The first-order valence-electron chi connectivity index (χ1n) is 8.79. The smallest absolute Gasteiger partial charge is 0.433 e. The molecule has 1 amide bonds. The highest BCUT2D eigenvalue weighted by Crippen LogP contribution is 2.38. The van der Waals surface area contributed by atoms with Crippen LogP contribution >= 0.6 is 0 Å². The molecule has 0 saturated heterocycles. The molecule has 0 aromatic rings. The molecule has 2 fully saturated rings. The Labute approximate surface area is 146 Å². The maximum atomic E-state index is 11.8. The number of carbonyl (C=O) groups excluding carboxylic acids is 2. The Morgan fingerprint density at radius 2 is 1.88 bits per heavy atom. The van der Waals surface area contributed by atoms with Gasteiger partial charge in [-0.2, -0.15) is 0 Å². The van der Waals surface area contributed by atoms with E-state index in [4.69, 9.17) is 9.84 Å². The van der Waals surface area contributed by atoms with Crippen molar-refractivity contribution < 1.29 is 29.1 Å². The molecule has 0 spiro atoms. The molecule has 2 rings (SSSR count). The zero-order chi connectivity index (χ0) is 18.3. The van der Waals surface area contributed by atoms with E-state index in [1.165, 1.54) is 6.92 Å². The average molecular weight is 354 g/mol. The number of nitrogens with one attached hydrogen (secondary N) is 1. The van der Waals surface area contributed by atoms with Crippen molar-refractivity contribution in [2.24, 2.45) is 16.5 Å². The van der Waals surface area contributed by atoms with Gasteiger partial charge in [0.15, 0.2) is 5.71 Å². The topological polar surface area (TPSA) is 114 Å². The molecule has 0 unspecified atom stereocenters. The van der Waals surface area contributed by atoms with Gasteiger partial charge in [-0.05, 0) is 43.9 Å². The number of amides is 1. The molecule has 2 saturated carbocycles. The molecule has 2 N–H and O–H groups in total. The standard InChI is InChI=1S/C17H26N2O6/c1-12(15(22)24-10-13-5-6-13)19-25-16(23)18-11-17(9-14(20)21)7-3-2-4-8-17/h13H,2-11H2,1H3,(H,18,23)(H,20,21). The van der Waals surface area contributed by atoms with E-state index >= 15 is 0 Å². The Hall–Kier alpha value is -2.12. The number of ether oxygens (including phenoxy) is 1. The lowest BCUT2D eigenvalue weighted by atomic mass is 9.72. The second kappa shape index (κ2) is 8.82. The second-order valence-corrected chi connectivity index (χ2v) is 7.08. The van der Waals surface area contributed by atoms with Gasteiger partial charge < -0.3 is 15.2 Å². The highest BCUT2D eigenvalue weighted by atomic mass is 16.7. The van der Waals surface area contributed by atoms with E-state index in [2.05, 4.69) is 15.3 Å². The summed E-state index contributed by atoms with van der Waals surface area (Å²) in [7, 11) is 0. The normalized spacial score (nSPS) is 19.8. The lowest BCUT2D eigenvalue weighted by Crippen LogP contribution is -2.40. The summed E-state index contributed by atoms with van der Waals surface area (Å²) in [6.45, 7) is 2.00. The number of carboxylic acids is 1. The number of hydrogen-bond acceptors (Lipinski definition) is 6. The summed E-state index contributed by atoms with van der Waals surface area (Å²) in [6, 6.07) is 0. The van der Waals surface area contributed by atoms with Crippen LogP contribution in [0.4, 0.5) is 4.79 Å². The van der Waals surface area contributed by atoms with Crippen LogP contribution in [0.2, 0.25) is 0 Å². The van der Waals surface area contributed by atoms with Gasteiger partial charge in [-0.1, -0.05) is 24.4 Å². The van der Waals surface area contributed by atoms with Crippen LogP contribution in [0.5, 0.6) is 0 Å². The lowest BCUT2D eigenvalue weighted by molar-refractivity contribution is -0.140. The molecule has 0 aliphatic heterocycles. The molecule has 0 heterocycles. The van der Waals surface area contributed by atoms with Crippen LogP contribution in [0.15, 0.2) is 5.16 Å². The maximum Gasteiger partial charge on any atom is 0.433 e. The third kappa shape index (κ3) is 6.72. The minimum absolute atomic E-state index is 0.0169. The van der Waals surface area contributed by atoms with E-state index in [-0.39, 0.29) is 18.7 Å². The fourth-order valence-corrected chi connectivity index (χ4v) is 3.06. The fraction of sp³-hybridized carbons (Fsp3) is 0.765. The number of esters is 1. The molecule has 0 aromatic carbocycles. The van der Waals surface area contributed by atoms with Crippen LogP contribution in [0.1, 0.15) is 58.3 Å². The number of oxime groups is 1. The zero-order valence-corrected chi connectivity index (χ0v) is 14.6. The molecule has 0 radical (unpaired) electrons. The summed E-state index contributed by atoms with van der Waals surface area (Å²) < 4.78 is 5.03. The van der Waals surface area contributed by atoms with E-state index < -0.39 is 23.4 Å².